The van der Waals surface area contributed by atoms with Crippen LogP contribution in [0.5, 0.6) is 0 Å². The number of hydrogen-bond donors (Lipinski definition) is 1. The van der Waals surface area contributed by atoms with Crippen LogP contribution in [0.3, 0.4) is 0 Å². The summed E-state index contributed by atoms with van der Waals surface area (Å²) in [5.74, 6) is -0.794. The molecule has 0 radical (unpaired) electrons. The van der Waals surface area contributed by atoms with E-state index in [-0.39, 0.29) is 22.6 Å². The third kappa shape index (κ3) is 8.82. The van der Waals surface area contributed by atoms with Gasteiger partial charge < -0.3 is 10.1 Å². The Morgan fingerprint density at radius 2 is 1.89 bits per heavy atom. The van der Waals surface area contributed by atoms with E-state index in [9.17, 15) is 14.0 Å². The van der Waals surface area contributed by atoms with Gasteiger partial charge in [-0.05, 0) is 51.7 Å². The highest BCUT2D eigenvalue weighted by molar-refractivity contribution is 8.00. The van der Waals surface area contributed by atoms with Crippen LogP contribution in [-0.4, -0.2) is 22.7 Å². The van der Waals surface area contributed by atoms with E-state index in [0.29, 0.717) is 23.7 Å². The van der Waals surface area contributed by atoms with E-state index < -0.39 is 16.7 Å². The number of rotatable bonds is 9. The smallest absolute Gasteiger partial charge is 0.319 e. The molecule has 0 aliphatic rings. The first kappa shape index (κ1) is 24.8. The minimum atomic E-state index is -0.600. The van der Waals surface area contributed by atoms with Crippen LogP contribution < -0.4 is 5.32 Å². The Kier molecular flexibility index (Phi) is 9.78. The van der Waals surface area contributed by atoms with E-state index >= 15 is 0 Å². The summed E-state index contributed by atoms with van der Waals surface area (Å²) in [7, 11) is 0. The monoisotopic (exact) mass is 431 g/mol. The van der Waals surface area contributed by atoms with Crippen molar-refractivity contribution >= 4 is 40.9 Å². The minimum absolute atomic E-state index is 0.0695. The zero-order valence-electron chi connectivity index (χ0n) is 17.5. The Balaban J connectivity index is 2.99. The van der Waals surface area contributed by atoms with E-state index in [1.54, 1.807) is 0 Å². The summed E-state index contributed by atoms with van der Waals surface area (Å²) in [6, 6.07) is 2.66. The van der Waals surface area contributed by atoms with Crippen molar-refractivity contribution in [3.8, 4) is 0 Å². The second-order valence-electron chi connectivity index (χ2n) is 8.17. The van der Waals surface area contributed by atoms with Crippen molar-refractivity contribution < 1.29 is 18.7 Å². The second-order valence-corrected chi connectivity index (χ2v) is 9.82. The van der Waals surface area contributed by atoms with Crippen molar-refractivity contribution in [1.82, 2.24) is 0 Å². The van der Waals surface area contributed by atoms with Crippen molar-refractivity contribution in [3.63, 3.8) is 0 Å². The van der Waals surface area contributed by atoms with Gasteiger partial charge in [0.25, 0.3) is 0 Å². The van der Waals surface area contributed by atoms with Crippen molar-refractivity contribution in [2.75, 3.05) is 5.32 Å². The normalized spacial score (nSPS) is 12.8. The van der Waals surface area contributed by atoms with Gasteiger partial charge in [0.15, 0.2) is 0 Å². The van der Waals surface area contributed by atoms with E-state index in [0.717, 1.165) is 12.8 Å². The molecular formula is C21H31ClFNO3S. The molecule has 1 aromatic rings. The minimum Gasteiger partial charge on any atom is -0.459 e. The third-order valence-corrected chi connectivity index (χ3v) is 5.46. The number of amides is 1. The van der Waals surface area contributed by atoms with Crippen molar-refractivity contribution in [1.29, 1.82) is 0 Å². The number of benzene rings is 1. The Labute approximate surface area is 176 Å². The van der Waals surface area contributed by atoms with Crippen molar-refractivity contribution in [3.05, 3.63) is 23.0 Å². The van der Waals surface area contributed by atoms with E-state index in [4.69, 9.17) is 16.3 Å². The number of carbonyl (C=O) groups excluding carboxylic acids is 2. The molecule has 0 fully saturated rings. The Morgan fingerprint density at radius 1 is 1.25 bits per heavy atom. The largest absolute Gasteiger partial charge is 0.459 e. The molecule has 158 valence electrons. The van der Waals surface area contributed by atoms with Crippen LogP contribution in [0.1, 0.15) is 67.2 Å². The maximum absolute atomic E-state index is 14.3. The number of thioether (sulfide) groups is 1. The van der Waals surface area contributed by atoms with Crippen molar-refractivity contribution in [2.24, 2.45) is 5.92 Å². The number of carbonyl (C=O) groups is 2. The summed E-state index contributed by atoms with van der Waals surface area (Å²) in [4.78, 5) is 25.1. The quantitative estimate of drug-likeness (QED) is 0.360. The number of hydrogen-bond acceptors (Lipinski definition) is 4. The summed E-state index contributed by atoms with van der Waals surface area (Å²) in [6.45, 7) is 11.5. The van der Waals surface area contributed by atoms with E-state index in [1.807, 2.05) is 41.5 Å². The Hall–Kier alpha value is -1.27. The number of ether oxygens (including phenoxy) is 1. The first-order valence-corrected chi connectivity index (χ1v) is 10.9. The summed E-state index contributed by atoms with van der Waals surface area (Å²) in [5.41, 5.74) is -0.522. The van der Waals surface area contributed by atoms with E-state index in [1.165, 1.54) is 23.9 Å². The van der Waals surface area contributed by atoms with Gasteiger partial charge in [0.1, 0.15) is 16.7 Å². The summed E-state index contributed by atoms with van der Waals surface area (Å²) >= 11 is 7.43. The lowest BCUT2D eigenvalue weighted by Gasteiger charge is -2.24. The number of nitrogens with one attached hydrogen (secondary N) is 1. The third-order valence-electron chi connectivity index (χ3n) is 3.73. The summed E-state index contributed by atoms with van der Waals surface area (Å²) < 4.78 is 19.7. The van der Waals surface area contributed by atoms with Gasteiger partial charge in [-0.1, -0.05) is 38.8 Å². The van der Waals surface area contributed by atoms with Gasteiger partial charge in [-0.25, -0.2) is 4.39 Å². The summed E-state index contributed by atoms with van der Waals surface area (Å²) in [5, 5.41) is 2.34. The second kappa shape index (κ2) is 11.1. The molecule has 1 atom stereocenters. The molecule has 0 saturated carbocycles. The Bertz CT molecular complexity index is 689. The molecule has 1 amide bonds. The first-order valence-electron chi connectivity index (χ1n) is 9.61. The van der Waals surface area contributed by atoms with Crippen molar-refractivity contribution in [2.45, 2.75) is 83.0 Å². The fraction of sp³-hybridized carbons (Fsp3) is 0.619. The van der Waals surface area contributed by atoms with Gasteiger partial charge in [0.05, 0.1) is 10.7 Å². The number of anilines is 1. The highest BCUT2D eigenvalue weighted by atomic mass is 35.5. The highest BCUT2D eigenvalue weighted by Crippen LogP contribution is 2.36. The SMILES string of the molecule is CCCC(Sc1cc(NC(=O)CCC(C)C)c(F)cc1Cl)C(=O)OC(C)(C)C. The van der Waals surface area contributed by atoms with Gasteiger partial charge in [-0.3, -0.25) is 9.59 Å². The Morgan fingerprint density at radius 3 is 2.43 bits per heavy atom. The van der Waals surface area contributed by atoms with Crippen LogP contribution in [0.15, 0.2) is 17.0 Å². The molecule has 0 heterocycles. The fourth-order valence-electron chi connectivity index (χ4n) is 2.36. The molecule has 0 aliphatic carbocycles. The van der Waals surface area contributed by atoms with E-state index in [2.05, 4.69) is 5.32 Å². The molecule has 1 unspecified atom stereocenters. The molecule has 1 N–H and O–H groups in total. The molecule has 0 saturated heterocycles. The molecule has 28 heavy (non-hydrogen) atoms. The molecule has 4 nitrogen and oxygen atoms in total. The lowest BCUT2D eigenvalue weighted by molar-refractivity contribution is -0.154. The molecule has 1 rings (SSSR count). The molecule has 0 aromatic heterocycles. The van der Waals surface area contributed by atoms with Crippen LogP contribution in [0.2, 0.25) is 5.02 Å². The zero-order valence-corrected chi connectivity index (χ0v) is 19.1. The molecular weight excluding hydrogens is 401 g/mol. The van der Waals surface area contributed by atoms with Crippen LogP contribution in [0, 0.1) is 11.7 Å². The van der Waals surface area contributed by atoms with Crippen LogP contribution in [0.4, 0.5) is 10.1 Å². The molecule has 7 heteroatoms. The van der Waals surface area contributed by atoms with Gasteiger partial charge in [-0.2, -0.15) is 0 Å². The maximum Gasteiger partial charge on any atom is 0.319 e. The van der Waals surface area contributed by atoms with Crippen LogP contribution in [0.25, 0.3) is 0 Å². The molecule has 0 aliphatic heterocycles. The van der Waals surface area contributed by atoms with Gasteiger partial charge in [0.2, 0.25) is 5.91 Å². The van der Waals surface area contributed by atoms with Gasteiger partial charge in [-0.15, -0.1) is 11.8 Å². The standard InChI is InChI=1S/C21H31ClFNO3S/c1-7-8-17(20(26)27-21(4,5)6)28-18-12-16(15(23)11-14(18)22)24-19(25)10-9-13(2)3/h11-13,17H,7-10H2,1-6H3,(H,24,25). The average molecular weight is 432 g/mol. The topological polar surface area (TPSA) is 55.4 Å². The lowest BCUT2D eigenvalue weighted by atomic mass is 10.1. The lowest BCUT2D eigenvalue weighted by Crippen LogP contribution is -2.30. The van der Waals surface area contributed by atoms with Gasteiger partial charge in [0, 0.05) is 11.3 Å². The molecule has 1 aromatic carbocycles. The maximum atomic E-state index is 14.3. The van der Waals surface area contributed by atoms with Crippen LogP contribution in [-0.2, 0) is 14.3 Å². The molecule has 0 bridgehead atoms. The average Bonchev–Trinajstić information content (AvgIpc) is 2.55. The van der Waals surface area contributed by atoms with Gasteiger partial charge >= 0.3 is 5.97 Å². The predicted molar refractivity (Wildman–Crippen MR) is 115 cm³/mol. The fourth-order valence-corrected chi connectivity index (χ4v) is 3.80. The predicted octanol–water partition coefficient (Wildman–Crippen LogP) is 6.46. The van der Waals surface area contributed by atoms with Crippen LogP contribution >= 0.6 is 23.4 Å². The zero-order chi connectivity index (χ0) is 21.5. The highest BCUT2D eigenvalue weighted by Gasteiger charge is 2.26. The summed E-state index contributed by atoms with van der Waals surface area (Å²) in [6.07, 6.45) is 2.43. The molecule has 0 spiro atoms. The number of halogens is 2. The number of esters is 1. The first-order chi connectivity index (χ1) is 12.9.